The molecule has 0 aliphatic carbocycles. The van der Waals surface area contributed by atoms with Crippen LogP contribution in [-0.2, 0) is 6.42 Å². The molecule has 122 valence electrons. The van der Waals surface area contributed by atoms with Gasteiger partial charge in [-0.2, -0.15) is 0 Å². The van der Waals surface area contributed by atoms with Crippen molar-refractivity contribution in [3.63, 3.8) is 0 Å². The van der Waals surface area contributed by atoms with Crippen LogP contribution in [0.5, 0.6) is 0 Å². The highest BCUT2D eigenvalue weighted by molar-refractivity contribution is 5.93. The minimum Gasteiger partial charge on any atom is -0.351 e. The Hall–Kier alpha value is -2.43. The molecular formula is C18H24N4O. The molecule has 0 saturated heterocycles. The summed E-state index contributed by atoms with van der Waals surface area (Å²) in [4.78, 5) is 20.8. The van der Waals surface area contributed by atoms with Crippen LogP contribution in [0.15, 0.2) is 30.3 Å². The minimum absolute atomic E-state index is 0.157. The minimum atomic E-state index is -0.157. The molecule has 0 spiro atoms. The van der Waals surface area contributed by atoms with Crippen molar-refractivity contribution in [2.45, 2.75) is 40.0 Å². The Labute approximate surface area is 137 Å². The van der Waals surface area contributed by atoms with E-state index in [1.165, 1.54) is 5.56 Å². The van der Waals surface area contributed by atoms with Crippen molar-refractivity contribution in [1.29, 1.82) is 0 Å². The molecule has 23 heavy (non-hydrogen) atoms. The van der Waals surface area contributed by atoms with E-state index in [4.69, 9.17) is 0 Å². The number of carbonyl (C=O) groups excluding carboxylic acids is 1. The van der Waals surface area contributed by atoms with Crippen LogP contribution in [0.2, 0.25) is 0 Å². The lowest BCUT2D eigenvalue weighted by atomic mass is 10.1. The maximum atomic E-state index is 12.2. The number of hydrogen-bond donors (Lipinski definition) is 2. The standard InChI is InChI=1S/C18H24N4O/c1-4-6-11-19-18(23)16-12-17(21-13(3)20-16)22-15-10-8-7-9-14(15)5-2/h7-10,12H,4-6,11H2,1-3H3,(H,19,23)(H,20,21,22). The Kier molecular flexibility index (Phi) is 6.09. The summed E-state index contributed by atoms with van der Waals surface area (Å²) < 4.78 is 0. The van der Waals surface area contributed by atoms with Gasteiger partial charge in [0, 0.05) is 18.3 Å². The summed E-state index contributed by atoms with van der Waals surface area (Å²) in [6, 6.07) is 9.78. The van der Waals surface area contributed by atoms with Crippen molar-refractivity contribution in [3.05, 3.63) is 47.4 Å². The average Bonchev–Trinajstić information content (AvgIpc) is 2.55. The summed E-state index contributed by atoms with van der Waals surface area (Å²) in [7, 11) is 0. The maximum Gasteiger partial charge on any atom is 0.270 e. The summed E-state index contributed by atoms with van der Waals surface area (Å²) in [6.45, 7) is 6.66. The lowest BCUT2D eigenvalue weighted by molar-refractivity contribution is 0.0948. The predicted octanol–water partition coefficient (Wildman–Crippen LogP) is 3.62. The Bertz CT molecular complexity index is 670. The second-order valence-electron chi connectivity index (χ2n) is 5.43. The molecule has 1 amide bonds. The number of para-hydroxylation sites is 1. The van der Waals surface area contributed by atoms with Gasteiger partial charge in [0.15, 0.2) is 0 Å². The Morgan fingerprint density at radius 3 is 2.70 bits per heavy atom. The molecule has 2 aromatic rings. The van der Waals surface area contributed by atoms with E-state index in [0.717, 1.165) is 24.9 Å². The smallest absolute Gasteiger partial charge is 0.270 e. The van der Waals surface area contributed by atoms with Crippen LogP contribution < -0.4 is 10.6 Å². The highest BCUT2D eigenvalue weighted by atomic mass is 16.1. The first-order valence-electron chi connectivity index (χ1n) is 8.12. The number of amides is 1. The average molecular weight is 312 g/mol. The predicted molar refractivity (Wildman–Crippen MR) is 93.1 cm³/mol. The second-order valence-corrected chi connectivity index (χ2v) is 5.43. The van der Waals surface area contributed by atoms with E-state index in [9.17, 15) is 4.79 Å². The fraction of sp³-hybridized carbons (Fsp3) is 0.389. The quantitative estimate of drug-likeness (QED) is 0.766. The van der Waals surface area contributed by atoms with Crippen LogP contribution in [-0.4, -0.2) is 22.4 Å². The van der Waals surface area contributed by atoms with Gasteiger partial charge in [0.1, 0.15) is 17.3 Å². The first-order valence-corrected chi connectivity index (χ1v) is 8.12. The number of nitrogens with zero attached hydrogens (tertiary/aromatic N) is 2. The molecule has 0 saturated carbocycles. The zero-order valence-electron chi connectivity index (χ0n) is 14.0. The van der Waals surface area contributed by atoms with Crippen molar-refractivity contribution in [2.75, 3.05) is 11.9 Å². The van der Waals surface area contributed by atoms with Crippen molar-refractivity contribution >= 4 is 17.4 Å². The molecule has 1 heterocycles. The number of benzene rings is 1. The van der Waals surface area contributed by atoms with Crippen LogP contribution in [0.3, 0.4) is 0 Å². The van der Waals surface area contributed by atoms with Gasteiger partial charge >= 0.3 is 0 Å². The molecule has 0 fully saturated rings. The number of hydrogen-bond acceptors (Lipinski definition) is 4. The third-order valence-electron chi connectivity index (χ3n) is 3.55. The fourth-order valence-corrected chi connectivity index (χ4v) is 2.31. The number of rotatable bonds is 7. The third kappa shape index (κ3) is 4.77. The lowest BCUT2D eigenvalue weighted by Gasteiger charge is -2.12. The van der Waals surface area contributed by atoms with Crippen molar-refractivity contribution in [2.24, 2.45) is 0 Å². The number of aryl methyl sites for hydroxylation is 2. The lowest BCUT2D eigenvalue weighted by Crippen LogP contribution is -2.25. The summed E-state index contributed by atoms with van der Waals surface area (Å²) >= 11 is 0. The number of aromatic nitrogens is 2. The van der Waals surface area contributed by atoms with Crippen LogP contribution in [0.4, 0.5) is 11.5 Å². The molecule has 5 nitrogen and oxygen atoms in total. The van der Waals surface area contributed by atoms with E-state index in [1.807, 2.05) is 18.2 Å². The van der Waals surface area contributed by atoms with Crippen LogP contribution in [0.25, 0.3) is 0 Å². The second kappa shape index (κ2) is 8.27. The Balaban J connectivity index is 2.18. The molecule has 0 aliphatic heterocycles. The molecule has 5 heteroatoms. The zero-order valence-corrected chi connectivity index (χ0v) is 14.0. The monoisotopic (exact) mass is 312 g/mol. The topological polar surface area (TPSA) is 66.9 Å². The van der Waals surface area contributed by atoms with Gasteiger partial charge < -0.3 is 10.6 Å². The van der Waals surface area contributed by atoms with Crippen molar-refractivity contribution in [3.8, 4) is 0 Å². The maximum absolute atomic E-state index is 12.2. The summed E-state index contributed by atoms with van der Waals surface area (Å²) in [5, 5.41) is 6.18. The SMILES string of the molecule is CCCCNC(=O)c1cc(Nc2ccccc2CC)nc(C)n1. The third-order valence-corrected chi connectivity index (χ3v) is 3.55. The Morgan fingerprint density at radius 2 is 1.96 bits per heavy atom. The van der Waals surface area contributed by atoms with Gasteiger partial charge in [-0.05, 0) is 31.4 Å². The van der Waals surface area contributed by atoms with Crippen molar-refractivity contribution in [1.82, 2.24) is 15.3 Å². The summed E-state index contributed by atoms with van der Waals surface area (Å²) in [5.74, 6) is 1.06. The summed E-state index contributed by atoms with van der Waals surface area (Å²) in [5.41, 5.74) is 2.60. The van der Waals surface area contributed by atoms with Crippen LogP contribution in [0, 0.1) is 6.92 Å². The molecule has 0 atom stereocenters. The van der Waals surface area contributed by atoms with E-state index in [2.05, 4.69) is 40.5 Å². The first kappa shape index (κ1) is 16.9. The highest BCUT2D eigenvalue weighted by Gasteiger charge is 2.11. The highest BCUT2D eigenvalue weighted by Crippen LogP contribution is 2.20. The van der Waals surface area contributed by atoms with Gasteiger partial charge in [0.05, 0.1) is 0 Å². The normalized spacial score (nSPS) is 10.4. The van der Waals surface area contributed by atoms with Crippen LogP contribution in [0.1, 0.15) is 48.6 Å². The molecule has 0 radical (unpaired) electrons. The van der Waals surface area contributed by atoms with E-state index in [0.29, 0.717) is 23.9 Å². The number of nitrogens with one attached hydrogen (secondary N) is 2. The fourth-order valence-electron chi connectivity index (χ4n) is 2.31. The largest absolute Gasteiger partial charge is 0.351 e. The molecule has 2 rings (SSSR count). The number of unbranched alkanes of at least 4 members (excludes halogenated alkanes) is 1. The molecule has 1 aromatic carbocycles. The zero-order chi connectivity index (χ0) is 16.7. The molecular weight excluding hydrogens is 288 g/mol. The molecule has 0 unspecified atom stereocenters. The molecule has 0 aliphatic rings. The van der Waals surface area contributed by atoms with E-state index in [1.54, 1.807) is 13.0 Å². The number of carbonyl (C=O) groups is 1. The first-order chi connectivity index (χ1) is 11.1. The molecule has 2 N–H and O–H groups in total. The van der Waals surface area contributed by atoms with Crippen LogP contribution >= 0.6 is 0 Å². The van der Waals surface area contributed by atoms with Gasteiger partial charge in [-0.3, -0.25) is 4.79 Å². The van der Waals surface area contributed by atoms with Gasteiger partial charge in [-0.1, -0.05) is 38.5 Å². The van der Waals surface area contributed by atoms with Gasteiger partial charge in [0.25, 0.3) is 5.91 Å². The Morgan fingerprint density at radius 1 is 1.17 bits per heavy atom. The number of anilines is 2. The van der Waals surface area contributed by atoms with E-state index < -0.39 is 0 Å². The van der Waals surface area contributed by atoms with Crippen molar-refractivity contribution < 1.29 is 4.79 Å². The van der Waals surface area contributed by atoms with Gasteiger partial charge in [-0.25, -0.2) is 9.97 Å². The van der Waals surface area contributed by atoms with Gasteiger partial charge in [0.2, 0.25) is 0 Å². The van der Waals surface area contributed by atoms with E-state index in [-0.39, 0.29) is 5.91 Å². The molecule has 1 aromatic heterocycles. The molecule has 0 bridgehead atoms. The van der Waals surface area contributed by atoms with Gasteiger partial charge in [-0.15, -0.1) is 0 Å². The summed E-state index contributed by atoms with van der Waals surface area (Å²) in [6.07, 6.45) is 2.94. The van der Waals surface area contributed by atoms with E-state index >= 15 is 0 Å².